The quantitative estimate of drug-likeness (QED) is 0.751. The van der Waals surface area contributed by atoms with E-state index >= 15 is 0 Å². The Morgan fingerprint density at radius 2 is 1.94 bits per heavy atom. The van der Waals surface area contributed by atoms with Gasteiger partial charge in [-0.3, -0.25) is 9.69 Å². The number of hydrogen-bond acceptors (Lipinski definition) is 3. The smallest absolute Gasteiger partial charge is 0.234 e. The topological polar surface area (TPSA) is 52.6 Å². The molecule has 1 aliphatic rings. The van der Waals surface area contributed by atoms with Crippen LogP contribution in [0.15, 0.2) is 0 Å². The Balaban J connectivity index is 2.19. The molecule has 1 amide bonds. The normalized spacial score (nSPS) is 20.5. The van der Waals surface area contributed by atoms with Gasteiger partial charge >= 0.3 is 0 Å². The molecule has 1 saturated heterocycles. The summed E-state index contributed by atoms with van der Waals surface area (Å²) in [6.07, 6.45) is 1.77. The molecule has 1 unspecified atom stereocenters. The van der Waals surface area contributed by atoms with E-state index in [0.29, 0.717) is 18.4 Å². The molecule has 0 radical (unpaired) electrons. The number of aliphatic hydroxyl groups is 1. The van der Waals surface area contributed by atoms with Crippen LogP contribution in [-0.4, -0.2) is 48.2 Å². The molecule has 1 heterocycles. The summed E-state index contributed by atoms with van der Waals surface area (Å²) in [7, 11) is 0. The van der Waals surface area contributed by atoms with Crippen molar-refractivity contribution in [2.45, 2.75) is 39.7 Å². The van der Waals surface area contributed by atoms with E-state index in [2.05, 4.69) is 24.1 Å². The lowest BCUT2D eigenvalue weighted by atomic mass is 9.92. The van der Waals surface area contributed by atoms with E-state index < -0.39 is 0 Å². The molecule has 0 aromatic rings. The maximum absolute atomic E-state index is 11.6. The van der Waals surface area contributed by atoms with Crippen molar-refractivity contribution >= 4 is 5.91 Å². The Labute approximate surface area is 104 Å². The van der Waals surface area contributed by atoms with Crippen LogP contribution >= 0.6 is 0 Å². The number of aliphatic hydroxyl groups excluding tert-OH is 1. The van der Waals surface area contributed by atoms with Gasteiger partial charge in [0.2, 0.25) is 5.91 Å². The molecule has 2 N–H and O–H groups in total. The van der Waals surface area contributed by atoms with Crippen LogP contribution in [0.3, 0.4) is 0 Å². The molecule has 100 valence electrons. The summed E-state index contributed by atoms with van der Waals surface area (Å²) >= 11 is 0. The Hall–Kier alpha value is -0.610. The third kappa shape index (κ3) is 5.50. The Morgan fingerprint density at radius 1 is 1.35 bits per heavy atom. The maximum atomic E-state index is 11.6. The molecule has 1 aliphatic heterocycles. The van der Waals surface area contributed by atoms with Gasteiger partial charge in [-0.25, -0.2) is 0 Å². The molecule has 0 bridgehead atoms. The zero-order chi connectivity index (χ0) is 12.8. The van der Waals surface area contributed by atoms with Gasteiger partial charge in [-0.1, -0.05) is 13.8 Å². The summed E-state index contributed by atoms with van der Waals surface area (Å²) in [5.74, 6) is 1.03. The second-order valence-electron chi connectivity index (χ2n) is 5.55. The van der Waals surface area contributed by atoms with E-state index in [1.165, 1.54) is 0 Å². The molecule has 1 fully saturated rings. The summed E-state index contributed by atoms with van der Waals surface area (Å²) in [6.45, 7) is 9.13. The van der Waals surface area contributed by atoms with Gasteiger partial charge in [0.1, 0.15) is 0 Å². The molecule has 4 heteroatoms. The number of hydrogen-bond donors (Lipinski definition) is 2. The van der Waals surface area contributed by atoms with E-state index in [4.69, 9.17) is 0 Å². The van der Waals surface area contributed by atoms with Crippen LogP contribution in [0, 0.1) is 11.8 Å². The third-order valence-electron chi connectivity index (χ3n) is 3.39. The lowest BCUT2D eigenvalue weighted by Crippen LogP contribution is -2.43. The van der Waals surface area contributed by atoms with Crippen molar-refractivity contribution in [2.24, 2.45) is 11.8 Å². The molecular formula is C13H26N2O2. The molecule has 0 aromatic carbocycles. The SMILES string of the molecule is CC(C)CNC(=O)CN1CCC(C(C)O)CC1. The van der Waals surface area contributed by atoms with Crippen LogP contribution < -0.4 is 5.32 Å². The van der Waals surface area contributed by atoms with Crippen molar-refractivity contribution in [3.8, 4) is 0 Å². The molecule has 0 saturated carbocycles. The second kappa shape index (κ2) is 6.97. The number of rotatable bonds is 5. The fraction of sp³-hybridized carbons (Fsp3) is 0.923. The van der Waals surface area contributed by atoms with Crippen LogP contribution in [0.1, 0.15) is 33.6 Å². The van der Waals surface area contributed by atoms with Crippen LogP contribution in [0.4, 0.5) is 0 Å². The first-order valence-electron chi connectivity index (χ1n) is 6.66. The zero-order valence-electron chi connectivity index (χ0n) is 11.3. The van der Waals surface area contributed by atoms with Crippen LogP contribution in [0.25, 0.3) is 0 Å². The van der Waals surface area contributed by atoms with Gasteiger partial charge in [-0.2, -0.15) is 0 Å². The molecule has 0 aromatic heterocycles. The highest BCUT2D eigenvalue weighted by Gasteiger charge is 2.23. The Kier molecular flexibility index (Phi) is 5.92. The molecule has 0 spiro atoms. The summed E-state index contributed by atoms with van der Waals surface area (Å²) in [5.41, 5.74) is 0. The predicted octanol–water partition coefficient (Wildman–Crippen LogP) is 0.851. The molecule has 1 rings (SSSR count). The predicted molar refractivity (Wildman–Crippen MR) is 68.7 cm³/mol. The van der Waals surface area contributed by atoms with Gasteiger partial charge in [-0.05, 0) is 44.7 Å². The average molecular weight is 242 g/mol. The van der Waals surface area contributed by atoms with Gasteiger partial charge in [0, 0.05) is 6.54 Å². The number of nitrogens with one attached hydrogen (secondary N) is 1. The van der Waals surface area contributed by atoms with Gasteiger partial charge in [-0.15, -0.1) is 0 Å². The van der Waals surface area contributed by atoms with Crippen molar-refractivity contribution in [2.75, 3.05) is 26.2 Å². The van der Waals surface area contributed by atoms with E-state index in [1.807, 2.05) is 6.92 Å². The minimum atomic E-state index is -0.216. The van der Waals surface area contributed by atoms with Crippen LogP contribution in [0.5, 0.6) is 0 Å². The largest absolute Gasteiger partial charge is 0.393 e. The number of carbonyl (C=O) groups is 1. The first kappa shape index (κ1) is 14.5. The highest BCUT2D eigenvalue weighted by molar-refractivity contribution is 5.77. The zero-order valence-corrected chi connectivity index (χ0v) is 11.3. The number of amides is 1. The second-order valence-corrected chi connectivity index (χ2v) is 5.55. The van der Waals surface area contributed by atoms with Gasteiger partial charge in [0.25, 0.3) is 0 Å². The fourth-order valence-corrected chi connectivity index (χ4v) is 2.17. The summed E-state index contributed by atoms with van der Waals surface area (Å²) in [5, 5.41) is 12.4. The molecule has 0 aliphatic carbocycles. The summed E-state index contributed by atoms with van der Waals surface area (Å²) in [4.78, 5) is 13.8. The Bertz CT molecular complexity index is 234. The van der Waals surface area contributed by atoms with Gasteiger partial charge < -0.3 is 10.4 Å². The fourth-order valence-electron chi connectivity index (χ4n) is 2.17. The van der Waals surface area contributed by atoms with Crippen molar-refractivity contribution < 1.29 is 9.90 Å². The highest BCUT2D eigenvalue weighted by atomic mass is 16.3. The van der Waals surface area contributed by atoms with Gasteiger partial charge in [0.05, 0.1) is 12.6 Å². The molecule has 17 heavy (non-hydrogen) atoms. The number of nitrogens with zero attached hydrogens (tertiary/aromatic N) is 1. The summed E-state index contributed by atoms with van der Waals surface area (Å²) in [6, 6.07) is 0. The van der Waals surface area contributed by atoms with E-state index in [1.54, 1.807) is 0 Å². The molecule has 4 nitrogen and oxygen atoms in total. The molecule has 1 atom stereocenters. The van der Waals surface area contributed by atoms with E-state index in [9.17, 15) is 9.90 Å². The highest BCUT2D eigenvalue weighted by Crippen LogP contribution is 2.19. The van der Waals surface area contributed by atoms with Crippen molar-refractivity contribution in [3.05, 3.63) is 0 Å². The van der Waals surface area contributed by atoms with E-state index in [0.717, 1.165) is 32.5 Å². The van der Waals surface area contributed by atoms with E-state index in [-0.39, 0.29) is 12.0 Å². The van der Waals surface area contributed by atoms with Crippen LogP contribution in [-0.2, 0) is 4.79 Å². The number of piperidine rings is 1. The maximum Gasteiger partial charge on any atom is 0.234 e. The lowest BCUT2D eigenvalue weighted by molar-refractivity contribution is -0.122. The molecular weight excluding hydrogens is 216 g/mol. The van der Waals surface area contributed by atoms with Crippen molar-refractivity contribution in [1.82, 2.24) is 10.2 Å². The first-order valence-corrected chi connectivity index (χ1v) is 6.66. The van der Waals surface area contributed by atoms with Crippen LogP contribution in [0.2, 0.25) is 0 Å². The minimum Gasteiger partial charge on any atom is -0.393 e. The monoisotopic (exact) mass is 242 g/mol. The number of likely N-dealkylation sites (tertiary alicyclic amines) is 1. The van der Waals surface area contributed by atoms with Crippen molar-refractivity contribution in [3.63, 3.8) is 0 Å². The standard InChI is InChI=1S/C13H26N2O2/c1-10(2)8-14-13(17)9-15-6-4-12(5-7-15)11(3)16/h10-12,16H,4-9H2,1-3H3,(H,14,17). The minimum absolute atomic E-state index is 0.120. The average Bonchev–Trinajstić information content (AvgIpc) is 2.27. The van der Waals surface area contributed by atoms with Crippen molar-refractivity contribution in [1.29, 1.82) is 0 Å². The van der Waals surface area contributed by atoms with Gasteiger partial charge in [0.15, 0.2) is 0 Å². The lowest BCUT2D eigenvalue weighted by Gasteiger charge is -2.32. The third-order valence-corrected chi connectivity index (χ3v) is 3.39. The first-order chi connectivity index (χ1) is 7.99. The summed E-state index contributed by atoms with van der Waals surface area (Å²) < 4.78 is 0. The Morgan fingerprint density at radius 3 is 2.41 bits per heavy atom. The number of carbonyl (C=O) groups excluding carboxylic acids is 1.